The van der Waals surface area contributed by atoms with E-state index in [2.05, 4.69) is 15.8 Å². The van der Waals surface area contributed by atoms with Crippen molar-refractivity contribution in [3.8, 4) is 0 Å². The Hall–Kier alpha value is -1.86. The SMILES string of the molecule is Cc1noc(C)c1CCNC(=O)NCC(C)(O)c1ccsc1. The molecule has 0 fully saturated rings. The predicted molar refractivity (Wildman–Crippen MR) is 85.0 cm³/mol. The van der Waals surface area contributed by atoms with Crippen LogP contribution in [0.4, 0.5) is 4.79 Å². The predicted octanol–water partition coefficient (Wildman–Crippen LogP) is 2.10. The quantitative estimate of drug-likeness (QED) is 0.760. The average Bonchev–Trinajstić information content (AvgIpc) is 3.10. The standard InChI is InChI=1S/C15H21N3O3S/c1-10-13(11(2)21-18-10)4-6-16-14(19)17-9-15(3,20)12-5-7-22-8-12/h5,7-8,20H,4,6,9H2,1-3H3,(H2,16,17,19). The Labute approximate surface area is 133 Å². The zero-order chi connectivity index (χ0) is 16.2. The first-order chi connectivity index (χ1) is 10.4. The molecule has 0 aliphatic rings. The topological polar surface area (TPSA) is 87.4 Å². The van der Waals surface area contributed by atoms with Gasteiger partial charge in [0.1, 0.15) is 11.4 Å². The Kier molecular flexibility index (Phi) is 5.20. The summed E-state index contributed by atoms with van der Waals surface area (Å²) in [6.07, 6.45) is 0.662. The van der Waals surface area contributed by atoms with E-state index < -0.39 is 5.60 Å². The number of hydrogen-bond acceptors (Lipinski definition) is 5. The van der Waals surface area contributed by atoms with E-state index in [4.69, 9.17) is 4.52 Å². The van der Waals surface area contributed by atoms with E-state index in [1.165, 1.54) is 11.3 Å². The number of aromatic nitrogens is 1. The Balaban J connectivity index is 1.75. The Morgan fingerprint density at radius 1 is 1.45 bits per heavy atom. The van der Waals surface area contributed by atoms with Crippen LogP contribution in [0.3, 0.4) is 0 Å². The van der Waals surface area contributed by atoms with Crippen molar-refractivity contribution in [2.24, 2.45) is 0 Å². The van der Waals surface area contributed by atoms with Crippen molar-refractivity contribution in [1.82, 2.24) is 15.8 Å². The molecule has 2 amide bonds. The number of carbonyl (C=O) groups is 1. The van der Waals surface area contributed by atoms with Crippen LogP contribution in [0.5, 0.6) is 0 Å². The van der Waals surface area contributed by atoms with Gasteiger partial charge in [0.15, 0.2) is 0 Å². The Bertz CT molecular complexity index is 601. The number of carbonyl (C=O) groups excluding carboxylic acids is 1. The molecule has 0 radical (unpaired) electrons. The van der Waals surface area contributed by atoms with Crippen LogP contribution in [0.15, 0.2) is 21.3 Å². The van der Waals surface area contributed by atoms with E-state index in [1.807, 2.05) is 30.7 Å². The van der Waals surface area contributed by atoms with Crippen molar-refractivity contribution in [1.29, 1.82) is 0 Å². The molecule has 0 bridgehead atoms. The molecule has 0 aliphatic carbocycles. The van der Waals surface area contributed by atoms with Crippen molar-refractivity contribution in [3.63, 3.8) is 0 Å². The normalized spacial score (nSPS) is 13.6. The van der Waals surface area contributed by atoms with Crippen LogP contribution in [0.25, 0.3) is 0 Å². The molecular formula is C15H21N3O3S. The highest BCUT2D eigenvalue weighted by atomic mass is 32.1. The lowest BCUT2D eigenvalue weighted by Gasteiger charge is -2.22. The van der Waals surface area contributed by atoms with Gasteiger partial charge in [0.2, 0.25) is 0 Å². The molecule has 2 aromatic rings. The highest BCUT2D eigenvalue weighted by molar-refractivity contribution is 7.08. The Morgan fingerprint density at radius 2 is 2.23 bits per heavy atom. The molecule has 22 heavy (non-hydrogen) atoms. The van der Waals surface area contributed by atoms with Gasteiger partial charge in [0.25, 0.3) is 0 Å². The number of nitrogens with zero attached hydrogens (tertiary/aromatic N) is 1. The first-order valence-electron chi connectivity index (χ1n) is 7.08. The fourth-order valence-corrected chi connectivity index (χ4v) is 2.93. The van der Waals surface area contributed by atoms with Crippen LogP contribution in [0.1, 0.15) is 29.5 Å². The highest BCUT2D eigenvalue weighted by Gasteiger charge is 2.24. The molecule has 0 aromatic carbocycles. The summed E-state index contributed by atoms with van der Waals surface area (Å²) in [7, 11) is 0. The molecule has 2 rings (SSSR count). The van der Waals surface area contributed by atoms with Crippen molar-refractivity contribution in [2.75, 3.05) is 13.1 Å². The maximum absolute atomic E-state index is 11.8. The third-order valence-corrected chi connectivity index (χ3v) is 4.26. The lowest BCUT2D eigenvalue weighted by atomic mass is 9.99. The number of nitrogens with one attached hydrogen (secondary N) is 2. The minimum atomic E-state index is -1.07. The van der Waals surface area contributed by atoms with Gasteiger partial charge in [0, 0.05) is 12.1 Å². The maximum atomic E-state index is 11.8. The molecule has 0 saturated heterocycles. The summed E-state index contributed by atoms with van der Waals surface area (Å²) in [5, 5.41) is 23.4. The van der Waals surface area contributed by atoms with Crippen molar-refractivity contribution in [3.05, 3.63) is 39.4 Å². The third kappa shape index (κ3) is 4.08. The fraction of sp³-hybridized carbons (Fsp3) is 0.467. The summed E-state index contributed by atoms with van der Waals surface area (Å²) in [5.74, 6) is 0.778. The summed E-state index contributed by atoms with van der Waals surface area (Å²) >= 11 is 1.51. The van der Waals surface area contributed by atoms with Gasteiger partial charge in [-0.05, 0) is 49.6 Å². The van der Waals surface area contributed by atoms with E-state index in [9.17, 15) is 9.90 Å². The van der Waals surface area contributed by atoms with Gasteiger partial charge in [-0.15, -0.1) is 0 Å². The summed E-state index contributed by atoms with van der Waals surface area (Å²) in [6.45, 7) is 6.05. The molecule has 0 saturated carbocycles. The molecule has 3 N–H and O–H groups in total. The third-order valence-electron chi connectivity index (χ3n) is 3.58. The van der Waals surface area contributed by atoms with Crippen molar-refractivity contribution in [2.45, 2.75) is 32.8 Å². The summed E-state index contributed by atoms with van der Waals surface area (Å²) in [6, 6.07) is 1.55. The van der Waals surface area contributed by atoms with Crippen molar-refractivity contribution < 1.29 is 14.4 Å². The number of aliphatic hydroxyl groups is 1. The largest absolute Gasteiger partial charge is 0.384 e. The van der Waals surface area contributed by atoms with Crippen LogP contribution in [-0.2, 0) is 12.0 Å². The lowest BCUT2D eigenvalue weighted by Crippen LogP contribution is -2.43. The van der Waals surface area contributed by atoms with Gasteiger partial charge in [0.05, 0.1) is 12.2 Å². The smallest absolute Gasteiger partial charge is 0.314 e. The Morgan fingerprint density at radius 3 is 2.82 bits per heavy atom. The number of hydrogen-bond donors (Lipinski definition) is 3. The molecule has 1 atom stereocenters. The number of aryl methyl sites for hydroxylation is 2. The number of amides is 2. The number of rotatable bonds is 6. The van der Waals surface area contributed by atoms with Gasteiger partial charge in [-0.3, -0.25) is 0 Å². The van der Waals surface area contributed by atoms with E-state index in [0.29, 0.717) is 13.0 Å². The zero-order valence-corrected chi connectivity index (χ0v) is 13.8. The number of urea groups is 1. The van der Waals surface area contributed by atoms with Gasteiger partial charge in [-0.25, -0.2) is 4.79 Å². The van der Waals surface area contributed by atoms with E-state index >= 15 is 0 Å². The second kappa shape index (κ2) is 6.93. The molecule has 1 unspecified atom stereocenters. The van der Waals surface area contributed by atoms with Crippen LogP contribution in [0, 0.1) is 13.8 Å². The van der Waals surface area contributed by atoms with Crippen LogP contribution in [-0.4, -0.2) is 29.4 Å². The first kappa shape index (κ1) is 16.5. The number of thiophene rings is 1. The van der Waals surface area contributed by atoms with Crippen LogP contribution >= 0.6 is 11.3 Å². The second-order valence-corrected chi connectivity index (χ2v) is 6.23. The summed E-state index contributed by atoms with van der Waals surface area (Å²) in [4.78, 5) is 11.8. The fourth-order valence-electron chi connectivity index (χ4n) is 2.15. The second-order valence-electron chi connectivity index (χ2n) is 5.45. The minimum Gasteiger partial charge on any atom is -0.384 e. The van der Waals surface area contributed by atoms with E-state index in [0.717, 1.165) is 22.6 Å². The van der Waals surface area contributed by atoms with Gasteiger partial charge in [-0.2, -0.15) is 11.3 Å². The molecule has 7 heteroatoms. The van der Waals surface area contributed by atoms with E-state index in [1.54, 1.807) is 6.92 Å². The van der Waals surface area contributed by atoms with Gasteiger partial charge < -0.3 is 20.3 Å². The molecule has 0 spiro atoms. The summed E-state index contributed by atoms with van der Waals surface area (Å²) in [5.41, 5.74) is 1.60. The zero-order valence-electron chi connectivity index (χ0n) is 13.0. The van der Waals surface area contributed by atoms with Gasteiger partial charge in [-0.1, -0.05) is 5.16 Å². The highest BCUT2D eigenvalue weighted by Crippen LogP contribution is 2.21. The minimum absolute atomic E-state index is 0.154. The van der Waals surface area contributed by atoms with Crippen molar-refractivity contribution >= 4 is 17.4 Å². The van der Waals surface area contributed by atoms with E-state index in [-0.39, 0.29) is 12.6 Å². The molecule has 2 heterocycles. The molecule has 6 nitrogen and oxygen atoms in total. The monoisotopic (exact) mass is 323 g/mol. The molecule has 120 valence electrons. The van der Waals surface area contributed by atoms with Crippen LogP contribution in [0.2, 0.25) is 0 Å². The first-order valence-corrected chi connectivity index (χ1v) is 8.03. The average molecular weight is 323 g/mol. The van der Waals surface area contributed by atoms with Gasteiger partial charge >= 0.3 is 6.03 Å². The van der Waals surface area contributed by atoms with Crippen LogP contribution < -0.4 is 10.6 Å². The molecule has 0 aliphatic heterocycles. The molecular weight excluding hydrogens is 302 g/mol. The maximum Gasteiger partial charge on any atom is 0.314 e. The lowest BCUT2D eigenvalue weighted by molar-refractivity contribution is 0.0598. The summed E-state index contributed by atoms with van der Waals surface area (Å²) < 4.78 is 5.08. The molecule has 2 aromatic heterocycles.